The third-order valence-corrected chi connectivity index (χ3v) is 4.72. The van der Waals surface area contributed by atoms with Gasteiger partial charge in [0.05, 0.1) is 5.69 Å². The van der Waals surface area contributed by atoms with Gasteiger partial charge in [-0.05, 0) is 12.1 Å². The Morgan fingerprint density at radius 1 is 1.20 bits per heavy atom. The van der Waals surface area contributed by atoms with Crippen LogP contribution in [0.4, 0.5) is 18.3 Å². The van der Waals surface area contributed by atoms with Crippen LogP contribution in [0, 0.1) is 5.41 Å². The van der Waals surface area contributed by atoms with Crippen LogP contribution in [0.2, 0.25) is 0 Å². The minimum atomic E-state index is -4.87. The lowest BCUT2D eigenvalue weighted by Gasteiger charge is -2.32. The highest BCUT2D eigenvalue weighted by Gasteiger charge is 2.63. The van der Waals surface area contributed by atoms with E-state index in [-0.39, 0.29) is 10.8 Å². The van der Waals surface area contributed by atoms with Crippen LogP contribution in [0.1, 0.15) is 27.2 Å². The predicted octanol–water partition coefficient (Wildman–Crippen LogP) is 4.07. The minimum Gasteiger partial charge on any atom is -0.362 e. The van der Waals surface area contributed by atoms with Gasteiger partial charge >= 0.3 is 6.18 Å². The van der Waals surface area contributed by atoms with Crippen molar-refractivity contribution in [2.75, 3.05) is 5.01 Å². The summed E-state index contributed by atoms with van der Waals surface area (Å²) < 4.78 is 40.7. The zero-order valence-corrected chi connectivity index (χ0v) is 14.7. The molecule has 0 fully saturated rings. The Bertz CT molecular complexity index is 798. The van der Waals surface area contributed by atoms with Crippen molar-refractivity contribution >= 4 is 22.2 Å². The van der Waals surface area contributed by atoms with E-state index in [1.807, 2.05) is 0 Å². The summed E-state index contributed by atoms with van der Waals surface area (Å²) in [6.45, 7) is 5.27. The molecular weight excluding hydrogens is 353 g/mol. The quantitative estimate of drug-likeness (QED) is 0.866. The van der Waals surface area contributed by atoms with Crippen LogP contribution in [-0.2, 0) is 0 Å². The molecule has 134 valence electrons. The molecule has 0 amide bonds. The van der Waals surface area contributed by atoms with Crippen molar-refractivity contribution in [3.63, 3.8) is 0 Å². The van der Waals surface area contributed by atoms with Gasteiger partial charge in [-0.2, -0.15) is 23.3 Å². The molecule has 0 aliphatic carbocycles. The van der Waals surface area contributed by atoms with Gasteiger partial charge in [-0.25, -0.2) is 4.98 Å². The summed E-state index contributed by atoms with van der Waals surface area (Å²) in [5, 5.41) is 16.6. The lowest BCUT2D eigenvalue weighted by Crippen LogP contribution is -2.55. The standard InChI is InChI=1S/C16H17F3N4OS/c1-14(2,3)12-8-15(24,16(17,18)19)23(22-12)13-21-11(9-25-13)10-6-4-5-7-20-10/h4-7,9,24H,8H2,1-3H3/t15-/m0/s1. The molecule has 1 aliphatic rings. The fraction of sp³-hybridized carbons (Fsp3) is 0.438. The molecule has 0 aromatic carbocycles. The number of halogens is 3. The van der Waals surface area contributed by atoms with Crippen molar-refractivity contribution in [2.45, 2.75) is 39.1 Å². The normalized spacial score (nSPS) is 21.6. The van der Waals surface area contributed by atoms with Crippen molar-refractivity contribution in [3.8, 4) is 11.4 Å². The molecule has 1 atom stereocenters. The molecule has 25 heavy (non-hydrogen) atoms. The number of hydrogen-bond acceptors (Lipinski definition) is 6. The molecule has 2 aromatic rings. The van der Waals surface area contributed by atoms with E-state index in [4.69, 9.17) is 0 Å². The van der Waals surface area contributed by atoms with Crippen LogP contribution in [0.5, 0.6) is 0 Å². The van der Waals surface area contributed by atoms with E-state index in [0.717, 1.165) is 11.3 Å². The molecule has 0 radical (unpaired) electrons. The summed E-state index contributed by atoms with van der Waals surface area (Å²) in [7, 11) is 0. The average molecular weight is 370 g/mol. The lowest BCUT2D eigenvalue weighted by molar-refractivity contribution is -0.254. The Kier molecular flexibility index (Phi) is 4.11. The van der Waals surface area contributed by atoms with Crippen molar-refractivity contribution in [1.82, 2.24) is 9.97 Å². The van der Waals surface area contributed by atoms with Crippen LogP contribution < -0.4 is 5.01 Å². The van der Waals surface area contributed by atoms with Gasteiger partial charge in [-0.1, -0.05) is 26.8 Å². The Hall–Kier alpha value is -2.00. The number of hydrogen-bond donors (Lipinski definition) is 1. The number of thiazole rings is 1. The van der Waals surface area contributed by atoms with Gasteiger partial charge in [-0.3, -0.25) is 4.98 Å². The predicted molar refractivity (Wildman–Crippen MR) is 90.3 cm³/mol. The third kappa shape index (κ3) is 3.13. The van der Waals surface area contributed by atoms with E-state index >= 15 is 0 Å². The van der Waals surface area contributed by atoms with Gasteiger partial charge in [0.1, 0.15) is 5.69 Å². The SMILES string of the molecule is CC(C)(C)C1=NN(c2nc(-c3ccccn3)cs2)[C@@](O)(C(F)(F)F)C1. The summed E-state index contributed by atoms with van der Waals surface area (Å²) in [5.41, 5.74) is -2.46. The fourth-order valence-electron chi connectivity index (χ4n) is 2.38. The molecule has 1 aliphatic heterocycles. The maximum atomic E-state index is 13.6. The van der Waals surface area contributed by atoms with Crippen LogP contribution in [0.3, 0.4) is 0 Å². The maximum Gasteiger partial charge on any atom is 0.438 e. The molecule has 9 heteroatoms. The van der Waals surface area contributed by atoms with Gasteiger partial charge in [0.2, 0.25) is 5.13 Å². The summed E-state index contributed by atoms with van der Waals surface area (Å²) in [6.07, 6.45) is -3.91. The van der Waals surface area contributed by atoms with Crippen molar-refractivity contribution in [3.05, 3.63) is 29.8 Å². The highest BCUT2D eigenvalue weighted by atomic mass is 32.1. The molecule has 0 saturated heterocycles. The molecule has 0 bridgehead atoms. The number of aromatic nitrogens is 2. The first kappa shape index (κ1) is 17.8. The van der Waals surface area contributed by atoms with Crippen molar-refractivity contribution < 1.29 is 18.3 Å². The zero-order chi connectivity index (χ0) is 18.5. The van der Waals surface area contributed by atoms with E-state index in [1.54, 1.807) is 50.5 Å². The molecule has 0 spiro atoms. The topological polar surface area (TPSA) is 61.6 Å². The number of anilines is 1. The smallest absolute Gasteiger partial charge is 0.362 e. The number of alkyl halides is 3. The zero-order valence-electron chi connectivity index (χ0n) is 13.9. The Labute approximate surface area is 146 Å². The lowest BCUT2D eigenvalue weighted by atomic mass is 9.86. The summed E-state index contributed by atoms with van der Waals surface area (Å²) >= 11 is 0.980. The van der Waals surface area contributed by atoms with Gasteiger partial charge in [-0.15, -0.1) is 11.3 Å². The number of pyridine rings is 1. The molecule has 3 heterocycles. The minimum absolute atomic E-state index is 0.0280. The van der Waals surface area contributed by atoms with E-state index in [1.165, 1.54) is 0 Å². The summed E-state index contributed by atoms with van der Waals surface area (Å²) in [4.78, 5) is 8.34. The number of rotatable bonds is 2. The van der Waals surface area contributed by atoms with Crippen LogP contribution in [0.25, 0.3) is 11.4 Å². The Balaban J connectivity index is 2.03. The van der Waals surface area contributed by atoms with Gasteiger partial charge in [0.15, 0.2) is 0 Å². The first-order valence-electron chi connectivity index (χ1n) is 7.56. The van der Waals surface area contributed by atoms with E-state index in [2.05, 4.69) is 15.1 Å². The Morgan fingerprint density at radius 2 is 1.92 bits per heavy atom. The van der Waals surface area contributed by atoms with E-state index in [0.29, 0.717) is 16.4 Å². The largest absolute Gasteiger partial charge is 0.438 e. The van der Waals surface area contributed by atoms with Crippen LogP contribution >= 0.6 is 11.3 Å². The van der Waals surface area contributed by atoms with Gasteiger partial charge in [0, 0.05) is 29.1 Å². The maximum absolute atomic E-state index is 13.6. The van der Waals surface area contributed by atoms with E-state index < -0.39 is 23.7 Å². The summed E-state index contributed by atoms with van der Waals surface area (Å²) in [5.74, 6) is 0. The Morgan fingerprint density at radius 3 is 2.48 bits per heavy atom. The monoisotopic (exact) mass is 370 g/mol. The molecule has 0 unspecified atom stereocenters. The number of aliphatic hydroxyl groups is 1. The molecule has 0 saturated carbocycles. The number of hydrazone groups is 1. The van der Waals surface area contributed by atoms with Crippen LogP contribution in [0.15, 0.2) is 34.9 Å². The highest BCUT2D eigenvalue weighted by molar-refractivity contribution is 7.14. The van der Waals surface area contributed by atoms with Gasteiger partial charge < -0.3 is 5.11 Å². The highest BCUT2D eigenvalue weighted by Crippen LogP contribution is 2.46. The molecular formula is C16H17F3N4OS. The third-order valence-electron chi connectivity index (χ3n) is 3.91. The van der Waals surface area contributed by atoms with Gasteiger partial charge in [0.25, 0.3) is 5.72 Å². The summed E-state index contributed by atoms with van der Waals surface area (Å²) in [6, 6.07) is 5.21. The van der Waals surface area contributed by atoms with Crippen LogP contribution in [-0.4, -0.2) is 32.7 Å². The average Bonchev–Trinajstić information content (AvgIpc) is 3.12. The van der Waals surface area contributed by atoms with E-state index in [9.17, 15) is 18.3 Å². The van der Waals surface area contributed by atoms with Crippen molar-refractivity contribution in [2.24, 2.45) is 10.5 Å². The first-order valence-corrected chi connectivity index (χ1v) is 8.44. The molecule has 3 rings (SSSR count). The fourth-order valence-corrected chi connectivity index (χ4v) is 3.21. The molecule has 2 aromatic heterocycles. The second kappa shape index (κ2) is 5.77. The second-order valence-electron chi connectivity index (χ2n) is 6.83. The first-order chi connectivity index (χ1) is 11.5. The van der Waals surface area contributed by atoms with Crippen molar-refractivity contribution in [1.29, 1.82) is 0 Å². The number of nitrogens with zero attached hydrogens (tertiary/aromatic N) is 4. The second-order valence-corrected chi connectivity index (χ2v) is 7.67. The molecule has 5 nitrogen and oxygen atoms in total. The molecule has 1 N–H and O–H groups in total.